The number of likely N-dealkylation sites (N-methyl/N-ethyl adjacent to an activating group) is 1. The molecule has 24 heavy (non-hydrogen) atoms. The monoisotopic (exact) mass is 343 g/mol. The van der Waals surface area contributed by atoms with Crippen molar-refractivity contribution in [3.8, 4) is 0 Å². The number of carbonyl (C=O) groups is 2. The molecule has 2 rings (SSSR count). The molecular weight excluding hydrogens is 323 g/mol. The normalized spacial score (nSPS) is 16.1. The van der Waals surface area contributed by atoms with Gasteiger partial charge in [0.05, 0.1) is 5.56 Å². The molecular formula is C16H20F3N3O2. The van der Waals surface area contributed by atoms with Crippen molar-refractivity contribution in [2.45, 2.75) is 13.1 Å². The van der Waals surface area contributed by atoms with E-state index in [9.17, 15) is 22.8 Å². The topological polar surface area (TPSA) is 43.9 Å². The first-order valence-electron chi connectivity index (χ1n) is 7.60. The molecule has 0 aliphatic carbocycles. The number of hydrogen-bond donors (Lipinski definition) is 0. The van der Waals surface area contributed by atoms with E-state index in [4.69, 9.17) is 0 Å². The van der Waals surface area contributed by atoms with Crippen molar-refractivity contribution in [1.29, 1.82) is 0 Å². The molecule has 1 aliphatic heterocycles. The molecule has 132 valence electrons. The van der Waals surface area contributed by atoms with E-state index >= 15 is 0 Å². The maximum atomic E-state index is 12.6. The Morgan fingerprint density at radius 1 is 1.08 bits per heavy atom. The highest BCUT2D eigenvalue weighted by atomic mass is 19.4. The number of piperazine rings is 1. The first-order chi connectivity index (χ1) is 11.2. The summed E-state index contributed by atoms with van der Waals surface area (Å²) in [5, 5.41) is 0. The van der Waals surface area contributed by atoms with Crippen molar-refractivity contribution in [2.75, 3.05) is 44.7 Å². The summed E-state index contributed by atoms with van der Waals surface area (Å²) in [7, 11) is 1.96. The second kappa shape index (κ2) is 7.21. The van der Waals surface area contributed by atoms with Gasteiger partial charge in [0.25, 0.3) is 0 Å². The van der Waals surface area contributed by atoms with Crippen molar-refractivity contribution >= 4 is 17.5 Å². The summed E-state index contributed by atoms with van der Waals surface area (Å²) >= 11 is 0. The second-order valence-corrected chi connectivity index (χ2v) is 5.83. The van der Waals surface area contributed by atoms with Crippen LogP contribution in [0.15, 0.2) is 24.3 Å². The lowest BCUT2D eigenvalue weighted by Crippen LogP contribution is -2.50. The van der Waals surface area contributed by atoms with Gasteiger partial charge in [-0.3, -0.25) is 9.59 Å². The van der Waals surface area contributed by atoms with Gasteiger partial charge in [0.2, 0.25) is 11.8 Å². The third-order valence-corrected chi connectivity index (χ3v) is 4.04. The predicted octanol–water partition coefficient (Wildman–Crippen LogP) is 1.83. The average Bonchev–Trinajstić information content (AvgIpc) is 2.52. The number of rotatable bonds is 3. The number of nitrogens with zero attached hydrogens (tertiary/aromatic N) is 3. The number of amides is 2. The minimum atomic E-state index is -4.44. The molecule has 0 bridgehead atoms. The van der Waals surface area contributed by atoms with E-state index in [0.29, 0.717) is 13.1 Å². The first kappa shape index (κ1) is 18.3. The molecule has 1 aliphatic rings. The molecule has 1 aromatic carbocycles. The Morgan fingerprint density at radius 2 is 1.62 bits per heavy atom. The minimum absolute atomic E-state index is 0.176. The maximum Gasteiger partial charge on any atom is 0.416 e. The lowest BCUT2D eigenvalue weighted by molar-refractivity contribution is -0.137. The van der Waals surface area contributed by atoms with Crippen LogP contribution in [0.2, 0.25) is 0 Å². The largest absolute Gasteiger partial charge is 0.416 e. The molecule has 0 aromatic heterocycles. The summed E-state index contributed by atoms with van der Waals surface area (Å²) in [6.07, 6.45) is -4.44. The van der Waals surface area contributed by atoms with Gasteiger partial charge >= 0.3 is 6.18 Å². The average molecular weight is 343 g/mol. The number of anilines is 1. The zero-order valence-electron chi connectivity index (χ0n) is 13.6. The zero-order valence-corrected chi connectivity index (χ0v) is 13.6. The summed E-state index contributed by atoms with van der Waals surface area (Å²) < 4.78 is 37.9. The molecule has 0 N–H and O–H groups in total. The van der Waals surface area contributed by atoms with Crippen LogP contribution in [0.5, 0.6) is 0 Å². The molecule has 0 atom stereocenters. The summed E-state index contributed by atoms with van der Waals surface area (Å²) in [5.74, 6) is -0.601. The number of alkyl halides is 3. The molecule has 2 amide bonds. The Bertz CT molecular complexity index is 594. The van der Waals surface area contributed by atoms with Gasteiger partial charge in [-0.2, -0.15) is 13.2 Å². The van der Waals surface area contributed by atoms with Crippen LogP contribution < -0.4 is 4.90 Å². The maximum absolute atomic E-state index is 12.6. The van der Waals surface area contributed by atoms with Crippen LogP contribution in [0.3, 0.4) is 0 Å². The molecule has 1 fully saturated rings. The number of carbonyl (C=O) groups excluding carboxylic acids is 2. The lowest BCUT2D eigenvalue weighted by Gasteiger charge is -2.33. The Labute approximate surface area is 138 Å². The minimum Gasteiger partial charge on any atom is -0.339 e. The molecule has 0 spiro atoms. The highest BCUT2D eigenvalue weighted by Gasteiger charge is 2.30. The van der Waals surface area contributed by atoms with E-state index in [0.717, 1.165) is 25.2 Å². The molecule has 8 heteroatoms. The quantitative estimate of drug-likeness (QED) is 0.841. The van der Waals surface area contributed by atoms with Crippen molar-refractivity contribution < 1.29 is 22.8 Å². The van der Waals surface area contributed by atoms with Crippen LogP contribution in [-0.4, -0.2) is 61.4 Å². The summed E-state index contributed by atoms with van der Waals surface area (Å²) in [4.78, 5) is 29.1. The van der Waals surface area contributed by atoms with E-state index in [1.807, 2.05) is 7.05 Å². The van der Waals surface area contributed by atoms with Gasteiger partial charge in [-0.25, -0.2) is 0 Å². The zero-order chi connectivity index (χ0) is 17.9. The smallest absolute Gasteiger partial charge is 0.339 e. The highest BCUT2D eigenvalue weighted by molar-refractivity contribution is 5.97. The molecule has 1 heterocycles. The van der Waals surface area contributed by atoms with Crippen molar-refractivity contribution in [3.63, 3.8) is 0 Å². The predicted molar refractivity (Wildman–Crippen MR) is 83.5 cm³/mol. The van der Waals surface area contributed by atoms with E-state index in [1.165, 1.54) is 24.0 Å². The third kappa shape index (κ3) is 4.47. The highest BCUT2D eigenvalue weighted by Crippen LogP contribution is 2.30. The van der Waals surface area contributed by atoms with Gasteiger partial charge in [0.15, 0.2) is 0 Å². The Kier molecular flexibility index (Phi) is 5.48. The van der Waals surface area contributed by atoms with Crippen LogP contribution in [-0.2, 0) is 15.8 Å². The molecule has 0 radical (unpaired) electrons. The van der Waals surface area contributed by atoms with E-state index < -0.39 is 17.6 Å². The number of halogens is 3. The summed E-state index contributed by atoms with van der Waals surface area (Å²) in [6, 6.07) is 4.24. The van der Waals surface area contributed by atoms with Gasteiger partial charge in [-0.05, 0) is 31.3 Å². The van der Waals surface area contributed by atoms with Gasteiger partial charge in [0.1, 0.15) is 6.54 Å². The fourth-order valence-corrected chi connectivity index (χ4v) is 2.51. The molecule has 1 aromatic rings. The van der Waals surface area contributed by atoms with Crippen LogP contribution in [0.4, 0.5) is 18.9 Å². The fourth-order valence-electron chi connectivity index (χ4n) is 2.51. The van der Waals surface area contributed by atoms with Gasteiger partial charge in [-0.1, -0.05) is 0 Å². The van der Waals surface area contributed by atoms with Crippen molar-refractivity contribution in [1.82, 2.24) is 9.80 Å². The standard InChI is InChI=1S/C16H20F3N3O2/c1-12(23)22(11-15(24)21-9-7-20(2)8-10-21)14-5-3-13(4-6-14)16(17,18)19/h3-6H,7-11H2,1-2H3. The van der Waals surface area contributed by atoms with E-state index in [-0.39, 0.29) is 18.1 Å². The van der Waals surface area contributed by atoms with Gasteiger partial charge in [0, 0.05) is 38.8 Å². The van der Waals surface area contributed by atoms with Crippen LogP contribution in [0, 0.1) is 0 Å². The summed E-state index contributed by atoms with van der Waals surface area (Å²) in [6.45, 7) is 3.78. The number of benzene rings is 1. The third-order valence-electron chi connectivity index (χ3n) is 4.04. The SMILES string of the molecule is CC(=O)N(CC(=O)N1CCN(C)CC1)c1ccc(C(F)(F)F)cc1. The summed E-state index contributed by atoms with van der Waals surface area (Å²) in [5.41, 5.74) is -0.516. The lowest BCUT2D eigenvalue weighted by atomic mass is 10.2. The van der Waals surface area contributed by atoms with E-state index in [1.54, 1.807) is 4.90 Å². The van der Waals surface area contributed by atoms with Crippen LogP contribution >= 0.6 is 0 Å². The Balaban J connectivity index is 2.09. The van der Waals surface area contributed by atoms with Crippen LogP contribution in [0.25, 0.3) is 0 Å². The molecule has 0 saturated carbocycles. The molecule has 0 unspecified atom stereocenters. The fraction of sp³-hybridized carbons (Fsp3) is 0.500. The first-order valence-corrected chi connectivity index (χ1v) is 7.60. The molecule has 5 nitrogen and oxygen atoms in total. The second-order valence-electron chi connectivity index (χ2n) is 5.83. The van der Waals surface area contributed by atoms with Crippen molar-refractivity contribution in [3.05, 3.63) is 29.8 Å². The Hall–Kier alpha value is -2.09. The molecule has 1 saturated heterocycles. The number of hydrogen-bond acceptors (Lipinski definition) is 3. The van der Waals surface area contributed by atoms with Gasteiger partial charge in [-0.15, -0.1) is 0 Å². The van der Waals surface area contributed by atoms with Crippen molar-refractivity contribution in [2.24, 2.45) is 0 Å². The Morgan fingerprint density at radius 3 is 2.08 bits per heavy atom. The van der Waals surface area contributed by atoms with Crippen LogP contribution in [0.1, 0.15) is 12.5 Å². The van der Waals surface area contributed by atoms with Gasteiger partial charge < -0.3 is 14.7 Å². The van der Waals surface area contributed by atoms with E-state index in [2.05, 4.69) is 4.90 Å².